The fraction of sp³-hybridized carbons (Fsp3) is 0.857. The lowest BCUT2D eigenvalue weighted by Gasteiger charge is -2.69. The zero-order valence-electron chi connectivity index (χ0n) is 21.4. The lowest BCUT2D eigenvalue weighted by Crippen LogP contribution is -2.74. The van der Waals surface area contributed by atoms with E-state index in [1.807, 2.05) is 13.8 Å². The average molecular weight is 459 g/mol. The number of Topliss-reactive ketones (excluding diaryl/α,β-unsaturated/α-hetero) is 1. The Hall–Kier alpha value is -1.20. The van der Waals surface area contributed by atoms with Gasteiger partial charge in [0.15, 0.2) is 11.6 Å². The number of rotatable bonds is 4. The van der Waals surface area contributed by atoms with E-state index in [1.165, 1.54) is 0 Å². The quantitative estimate of drug-likeness (QED) is 0.405. The molecular weight excluding hydrogens is 416 g/mol. The highest BCUT2D eigenvalue weighted by Crippen LogP contribution is 2.73. The van der Waals surface area contributed by atoms with Crippen LogP contribution in [0.15, 0.2) is 12.2 Å². The summed E-state index contributed by atoms with van der Waals surface area (Å²) < 4.78 is 19.5. The number of ketones is 1. The predicted molar refractivity (Wildman–Crippen MR) is 125 cm³/mol. The van der Waals surface area contributed by atoms with Crippen LogP contribution < -0.4 is 0 Å². The lowest BCUT2D eigenvalue weighted by atomic mass is 9.39. The number of carbonyl (C=O) groups is 2. The van der Waals surface area contributed by atoms with Crippen molar-refractivity contribution >= 4 is 11.8 Å². The first-order valence-corrected chi connectivity index (χ1v) is 13.2. The van der Waals surface area contributed by atoms with E-state index in [9.17, 15) is 9.59 Å². The van der Waals surface area contributed by atoms with Gasteiger partial charge in [-0.1, -0.05) is 40.7 Å². The minimum Gasteiger partial charge on any atom is -0.462 e. The highest BCUT2D eigenvalue weighted by atomic mass is 16.7. The molecule has 5 rings (SSSR count). The predicted octanol–water partition coefficient (Wildman–Crippen LogP) is 5.61. The highest BCUT2D eigenvalue weighted by Gasteiger charge is 2.78. The molecule has 0 amide bonds. The topological polar surface area (TPSA) is 61.8 Å². The minimum absolute atomic E-state index is 0.0569. The Morgan fingerprint density at radius 3 is 2.52 bits per heavy atom. The fourth-order valence-electron chi connectivity index (χ4n) is 8.97. The fourth-order valence-corrected chi connectivity index (χ4v) is 8.97. The summed E-state index contributed by atoms with van der Waals surface area (Å²) >= 11 is 0. The summed E-state index contributed by atoms with van der Waals surface area (Å²) in [6.45, 7) is 17.3. The number of hydrogen-bond acceptors (Lipinski definition) is 5. The van der Waals surface area contributed by atoms with E-state index in [2.05, 4.69) is 34.3 Å². The van der Waals surface area contributed by atoms with Crippen LogP contribution in [0.5, 0.6) is 0 Å². The van der Waals surface area contributed by atoms with E-state index in [0.29, 0.717) is 12.3 Å². The van der Waals surface area contributed by atoms with E-state index in [-0.39, 0.29) is 52.7 Å². The maximum Gasteiger partial charge on any atom is 0.306 e. The highest BCUT2D eigenvalue weighted by molar-refractivity contribution is 6.04. The molecule has 5 aliphatic rings. The van der Waals surface area contributed by atoms with Gasteiger partial charge in [-0.2, -0.15) is 0 Å². The second-order valence-electron chi connectivity index (χ2n) is 12.8. The van der Waals surface area contributed by atoms with Gasteiger partial charge in [-0.25, -0.2) is 0 Å². The Balaban J connectivity index is 1.62. The zero-order chi connectivity index (χ0) is 24.0. The smallest absolute Gasteiger partial charge is 0.306 e. The van der Waals surface area contributed by atoms with Crippen molar-refractivity contribution in [1.82, 2.24) is 0 Å². The Kier molecular flexibility index (Phi) is 5.28. The van der Waals surface area contributed by atoms with Crippen LogP contribution >= 0.6 is 0 Å². The molecule has 5 nitrogen and oxygen atoms in total. The summed E-state index contributed by atoms with van der Waals surface area (Å²) in [6.07, 6.45) is 6.26. The molecule has 0 aromatic heterocycles. The average Bonchev–Trinajstić information content (AvgIpc) is 2.85. The van der Waals surface area contributed by atoms with Crippen molar-refractivity contribution in [2.45, 2.75) is 117 Å². The van der Waals surface area contributed by atoms with Crippen LogP contribution in [0.4, 0.5) is 0 Å². The number of esters is 1. The number of carbonyl (C=O) groups excluding carboxylic acids is 2. The maximum absolute atomic E-state index is 14.0. The minimum atomic E-state index is -0.720. The van der Waals surface area contributed by atoms with Crippen LogP contribution in [0.25, 0.3) is 0 Å². The van der Waals surface area contributed by atoms with E-state index in [1.54, 1.807) is 0 Å². The van der Waals surface area contributed by atoms with Gasteiger partial charge in [-0.15, -0.1) is 0 Å². The summed E-state index contributed by atoms with van der Waals surface area (Å²) in [5, 5.41) is 0. The molecule has 1 spiro atoms. The van der Waals surface area contributed by atoms with Crippen molar-refractivity contribution in [3.63, 3.8) is 0 Å². The van der Waals surface area contributed by atoms with Crippen molar-refractivity contribution in [2.24, 2.45) is 34.0 Å². The molecule has 1 aliphatic heterocycles. The first-order chi connectivity index (χ1) is 15.4. The van der Waals surface area contributed by atoms with Gasteiger partial charge in [-0.3, -0.25) is 9.59 Å². The molecule has 5 heteroatoms. The standard InChI is InChI=1S/C28H42O5/c1-8-9-10-22(29)31-20-13-14-25(3,4)19-15-21-28-18(27(19,20)7)12-11-17(16(2)23(28)30)24(28)33-26(5,6)32-21/h17-21,24H,2,8-15H2,1,3-7H3/t17-,18-,19+,20-,21+,24+,27-,28-/m0/s1. The first-order valence-electron chi connectivity index (χ1n) is 13.2. The molecule has 2 bridgehead atoms. The summed E-state index contributed by atoms with van der Waals surface area (Å²) in [4.78, 5) is 26.9. The lowest BCUT2D eigenvalue weighted by molar-refractivity contribution is -0.385. The summed E-state index contributed by atoms with van der Waals surface area (Å²) in [7, 11) is 0. The van der Waals surface area contributed by atoms with Crippen molar-refractivity contribution in [2.75, 3.05) is 0 Å². The zero-order valence-corrected chi connectivity index (χ0v) is 21.4. The van der Waals surface area contributed by atoms with Gasteiger partial charge in [-0.05, 0) is 75.2 Å². The molecule has 184 valence electrons. The monoisotopic (exact) mass is 458 g/mol. The van der Waals surface area contributed by atoms with Crippen molar-refractivity contribution in [1.29, 1.82) is 0 Å². The van der Waals surface area contributed by atoms with Crippen LogP contribution in [-0.4, -0.2) is 35.9 Å². The largest absolute Gasteiger partial charge is 0.462 e. The third-order valence-electron chi connectivity index (χ3n) is 10.3. The molecule has 0 aromatic rings. The third-order valence-corrected chi connectivity index (χ3v) is 10.3. The molecule has 33 heavy (non-hydrogen) atoms. The van der Waals surface area contributed by atoms with Crippen LogP contribution in [0.2, 0.25) is 0 Å². The molecule has 0 radical (unpaired) electrons. The van der Waals surface area contributed by atoms with Gasteiger partial charge in [0.1, 0.15) is 6.10 Å². The SMILES string of the molecule is C=C1C(=O)[C@@]23[C@@H]4OC(C)(C)O[C@@H]2C[C@@H]2C(C)(C)CC[C@H](OC(=O)CCCC)[C@@]2(C)[C@@H]3CC[C@@H]14. The van der Waals surface area contributed by atoms with Crippen LogP contribution in [0.3, 0.4) is 0 Å². The molecule has 5 fully saturated rings. The molecule has 1 saturated heterocycles. The molecular formula is C28H42O5. The van der Waals surface area contributed by atoms with Crippen molar-refractivity contribution < 1.29 is 23.8 Å². The molecule has 0 aromatic carbocycles. The third kappa shape index (κ3) is 3.03. The van der Waals surface area contributed by atoms with Crippen LogP contribution in [0.1, 0.15) is 92.9 Å². The molecule has 4 aliphatic carbocycles. The first kappa shape index (κ1) is 23.5. The molecule has 0 unspecified atom stereocenters. The number of hydrogen-bond donors (Lipinski definition) is 0. The molecule has 8 atom stereocenters. The Bertz CT molecular complexity index is 874. The number of ether oxygens (including phenoxy) is 3. The summed E-state index contributed by atoms with van der Waals surface area (Å²) in [5.41, 5.74) is -0.193. The van der Waals surface area contributed by atoms with Crippen LogP contribution in [-0.2, 0) is 23.8 Å². The van der Waals surface area contributed by atoms with Gasteiger partial charge >= 0.3 is 5.97 Å². The van der Waals surface area contributed by atoms with Gasteiger partial charge in [0.2, 0.25) is 0 Å². The Morgan fingerprint density at radius 2 is 1.82 bits per heavy atom. The van der Waals surface area contributed by atoms with E-state index < -0.39 is 11.2 Å². The second-order valence-corrected chi connectivity index (χ2v) is 12.8. The van der Waals surface area contributed by atoms with Crippen molar-refractivity contribution in [3.05, 3.63) is 12.2 Å². The van der Waals surface area contributed by atoms with Gasteiger partial charge in [0, 0.05) is 17.8 Å². The second kappa shape index (κ2) is 7.40. The Morgan fingerprint density at radius 1 is 1.09 bits per heavy atom. The van der Waals surface area contributed by atoms with Gasteiger partial charge in [0.05, 0.1) is 17.6 Å². The van der Waals surface area contributed by atoms with Crippen LogP contribution in [0, 0.1) is 34.0 Å². The summed E-state index contributed by atoms with van der Waals surface area (Å²) in [5.74, 6) is -0.229. The van der Waals surface area contributed by atoms with E-state index in [4.69, 9.17) is 14.2 Å². The van der Waals surface area contributed by atoms with Crippen molar-refractivity contribution in [3.8, 4) is 0 Å². The van der Waals surface area contributed by atoms with E-state index in [0.717, 1.165) is 50.5 Å². The molecule has 1 heterocycles. The number of fused-ring (bicyclic) bond motifs is 2. The molecule has 0 N–H and O–H groups in total. The maximum atomic E-state index is 14.0. The Labute approximate surface area is 199 Å². The van der Waals surface area contributed by atoms with Gasteiger partial charge in [0.25, 0.3) is 0 Å². The van der Waals surface area contributed by atoms with Gasteiger partial charge < -0.3 is 14.2 Å². The number of unbranched alkanes of at least 4 members (excludes halogenated alkanes) is 1. The summed E-state index contributed by atoms with van der Waals surface area (Å²) in [6, 6.07) is 0. The normalized spacial score (nSPS) is 47.0. The molecule has 4 saturated carbocycles. The van der Waals surface area contributed by atoms with E-state index >= 15 is 0 Å².